The first-order chi connectivity index (χ1) is 5.82. The Bertz CT molecular complexity index is 420. The minimum Gasteiger partial charge on any atom is -0.506 e. The molecule has 0 atom stereocenters. The number of halogens is 3. The van der Waals surface area contributed by atoms with E-state index in [0.717, 1.165) is 6.07 Å². The fourth-order valence-electron chi connectivity index (χ4n) is 0.691. The Hall–Kier alpha value is -0.520. The number of benzene rings is 1. The van der Waals surface area contributed by atoms with Crippen LogP contribution in [0.1, 0.15) is 0 Å². The molecule has 0 heterocycles. The fraction of sp³-hybridized carbons (Fsp3) is 0. The lowest BCUT2D eigenvalue weighted by Crippen LogP contribution is -1.92. The third-order valence-electron chi connectivity index (χ3n) is 1.26. The van der Waals surface area contributed by atoms with E-state index in [-0.39, 0.29) is 0 Å². The van der Waals surface area contributed by atoms with E-state index in [4.69, 9.17) is 27.4 Å². The summed E-state index contributed by atoms with van der Waals surface area (Å²) in [5, 5.41) is 8.41. The highest BCUT2D eigenvalue weighted by atomic mass is 35.7. The average Bonchev–Trinajstić information content (AvgIpc) is 1.97. The summed E-state index contributed by atoms with van der Waals surface area (Å²) >= 11 is 5.24. The summed E-state index contributed by atoms with van der Waals surface area (Å²) in [5.74, 6) is -1.71. The average molecular weight is 245 g/mol. The standard InChI is InChI=1S/C6H3Cl2FO3S/c7-6-4(9)1-3(2-5(6)10)13(8,11)12/h1-2,10H. The predicted octanol–water partition coefficient (Wildman–Crippen LogP) is 2.11. The van der Waals surface area contributed by atoms with E-state index in [1.54, 1.807) is 0 Å². The third kappa shape index (κ3) is 2.24. The van der Waals surface area contributed by atoms with Gasteiger partial charge in [-0.2, -0.15) is 0 Å². The lowest BCUT2D eigenvalue weighted by atomic mass is 10.3. The van der Waals surface area contributed by atoms with Gasteiger partial charge in [-0.15, -0.1) is 0 Å². The highest BCUT2D eigenvalue weighted by molar-refractivity contribution is 8.13. The van der Waals surface area contributed by atoms with Crippen LogP contribution >= 0.6 is 22.3 Å². The molecule has 0 aliphatic heterocycles. The molecule has 1 N–H and O–H groups in total. The van der Waals surface area contributed by atoms with Crippen LogP contribution in [0.15, 0.2) is 17.0 Å². The highest BCUT2D eigenvalue weighted by Gasteiger charge is 2.15. The van der Waals surface area contributed by atoms with Crippen LogP contribution in [0, 0.1) is 5.82 Å². The molecular formula is C6H3Cl2FO3S. The number of aromatic hydroxyl groups is 1. The summed E-state index contributed by atoms with van der Waals surface area (Å²) in [6.07, 6.45) is 0. The third-order valence-corrected chi connectivity index (χ3v) is 2.97. The molecule has 7 heteroatoms. The second-order valence-corrected chi connectivity index (χ2v) is 5.12. The second kappa shape index (κ2) is 3.32. The smallest absolute Gasteiger partial charge is 0.261 e. The van der Waals surface area contributed by atoms with Crippen LogP contribution in [0.2, 0.25) is 5.02 Å². The first kappa shape index (κ1) is 10.6. The monoisotopic (exact) mass is 244 g/mol. The molecule has 0 aromatic heterocycles. The van der Waals surface area contributed by atoms with Gasteiger partial charge in [0.25, 0.3) is 9.05 Å². The van der Waals surface area contributed by atoms with Crippen molar-refractivity contribution >= 4 is 31.3 Å². The number of hydrogen-bond acceptors (Lipinski definition) is 3. The van der Waals surface area contributed by atoms with Gasteiger partial charge in [-0.05, 0) is 6.07 Å². The molecule has 72 valence electrons. The molecule has 0 radical (unpaired) electrons. The minimum absolute atomic E-state index is 0.534. The summed E-state index contributed by atoms with van der Waals surface area (Å²) in [6.45, 7) is 0. The maximum absolute atomic E-state index is 12.8. The molecule has 0 saturated heterocycles. The van der Waals surface area contributed by atoms with Gasteiger partial charge in [0.05, 0.1) is 4.90 Å². The van der Waals surface area contributed by atoms with Crippen molar-refractivity contribution in [3.63, 3.8) is 0 Å². The Labute approximate surface area is 83.1 Å². The largest absolute Gasteiger partial charge is 0.506 e. The summed E-state index contributed by atoms with van der Waals surface area (Å²) in [7, 11) is 0.855. The first-order valence-electron chi connectivity index (χ1n) is 2.95. The predicted molar refractivity (Wildman–Crippen MR) is 46.1 cm³/mol. The maximum Gasteiger partial charge on any atom is 0.261 e. The molecule has 1 aromatic carbocycles. The molecule has 1 aromatic rings. The first-order valence-corrected chi connectivity index (χ1v) is 5.64. The molecule has 0 amide bonds. The molecule has 0 aliphatic rings. The molecule has 0 spiro atoms. The van der Waals surface area contributed by atoms with Crippen molar-refractivity contribution in [1.82, 2.24) is 0 Å². The van der Waals surface area contributed by atoms with Crippen LogP contribution in [0.4, 0.5) is 4.39 Å². The van der Waals surface area contributed by atoms with Gasteiger partial charge in [0.1, 0.15) is 16.6 Å². The zero-order chi connectivity index (χ0) is 10.2. The topological polar surface area (TPSA) is 54.4 Å². The normalized spacial score (nSPS) is 11.6. The molecule has 3 nitrogen and oxygen atoms in total. The lowest BCUT2D eigenvalue weighted by Gasteiger charge is -2.00. The van der Waals surface area contributed by atoms with E-state index in [2.05, 4.69) is 0 Å². The molecular weight excluding hydrogens is 242 g/mol. The van der Waals surface area contributed by atoms with Gasteiger partial charge >= 0.3 is 0 Å². The molecule has 0 unspecified atom stereocenters. The van der Waals surface area contributed by atoms with Crippen molar-refractivity contribution in [1.29, 1.82) is 0 Å². The molecule has 0 bridgehead atoms. The van der Waals surface area contributed by atoms with Gasteiger partial charge in [-0.1, -0.05) is 11.6 Å². The van der Waals surface area contributed by atoms with E-state index in [1.807, 2.05) is 0 Å². The molecule has 1 rings (SSSR count). The number of phenols is 1. The quantitative estimate of drug-likeness (QED) is 0.771. The Morgan fingerprint density at radius 3 is 2.31 bits per heavy atom. The Kier molecular flexibility index (Phi) is 2.70. The van der Waals surface area contributed by atoms with E-state index < -0.39 is 30.5 Å². The molecule has 0 fully saturated rings. The molecule has 0 saturated carbocycles. The van der Waals surface area contributed by atoms with Crippen molar-refractivity contribution < 1.29 is 17.9 Å². The molecule has 13 heavy (non-hydrogen) atoms. The van der Waals surface area contributed by atoms with Crippen LogP contribution in [-0.2, 0) is 9.05 Å². The number of hydrogen-bond donors (Lipinski definition) is 1. The Balaban J connectivity index is 3.47. The second-order valence-electron chi connectivity index (χ2n) is 2.18. The highest BCUT2D eigenvalue weighted by Crippen LogP contribution is 2.30. The van der Waals surface area contributed by atoms with Crippen LogP contribution in [-0.4, -0.2) is 13.5 Å². The van der Waals surface area contributed by atoms with Crippen LogP contribution in [0.5, 0.6) is 5.75 Å². The van der Waals surface area contributed by atoms with Crippen molar-refractivity contribution in [3.8, 4) is 5.75 Å². The van der Waals surface area contributed by atoms with Gasteiger partial charge in [-0.25, -0.2) is 12.8 Å². The van der Waals surface area contributed by atoms with E-state index in [0.29, 0.717) is 6.07 Å². The van der Waals surface area contributed by atoms with Crippen molar-refractivity contribution in [2.75, 3.05) is 0 Å². The van der Waals surface area contributed by atoms with Crippen molar-refractivity contribution in [2.24, 2.45) is 0 Å². The summed E-state index contributed by atoms with van der Waals surface area (Å²) in [5.41, 5.74) is 0. The SMILES string of the molecule is O=S(=O)(Cl)c1cc(O)c(Cl)c(F)c1. The van der Waals surface area contributed by atoms with Gasteiger partial charge in [0.2, 0.25) is 0 Å². The van der Waals surface area contributed by atoms with Gasteiger partial charge in [-0.3, -0.25) is 0 Å². The van der Waals surface area contributed by atoms with Gasteiger partial charge in [0.15, 0.2) is 0 Å². The van der Waals surface area contributed by atoms with E-state index in [1.165, 1.54) is 0 Å². The van der Waals surface area contributed by atoms with E-state index >= 15 is 0 Å². The lowest BCUT2D eigenvalue weighted by molar-refractivity contribution is 0.466. The Morgan fingerprint density at radius 1 is 1.38 bits per heavy atom. The fourth-order valence-corrected chi connectivity index (χ4v) is 1.56. The van der Waals surface area contributed by atoms with Crippen LogP contribution in [0.25, 0.3) is 0 Å². The Morgan fingerprint density at radius 2 is 1.92 bits per heavy atom. The summed E-state index contributed by atoms with van der Waals surface area (Å²) in [4.78, 5) is -0.534. The van der Waals surface area contributed by atoms with Crippen molar-refractivity contribution in [2.45, 2.75) is 4.90 Å². The van der Waals surface area contributed by atoms with E-state index in [9.17, 15) is 12.8 Å². The number of rotatable bonds is 1. The zero-order valence-corrected chi connectivity index (χ0v) is 8.29. The van der Waals surface area contributed by atoms with Crippen LogP contribution < -0.4 is 0 Å². The van der Waals surface area contributed by atoms with Crippen LogP contribution in [0.3, 0.4) is 0 Å². The number of phenolic OH excluding ortho intramolecular Hbond substituents is 1. The minimum atomic E-state index is -4.05. The van der Waals surface area contributed by atoms with Gasteiger partial charge < -0.3 is 5.11 Å². The van der Waals surface area contributed by atoms with Crippen molar-refractivity contribution in [3.05, 3.63) is 23.0 Å². The zero-order valence-electron chi connectivity index (χ0n) is 5.96. The maximum atomic E-state index is 12.8. The summed E-state index contributed by atoms with van der Waals surface area (Å²) < 4.78 is 34.1. The molecule has 0 aliphatic carbocycles. The summed E-state index contributed by atoms with van der Waals surface area (Å²) in [6, 6.07) is 1.40. The van der Waals surface area contributed by atoms with Gasteiger partial charge in [0, 0.05) is 16.7 Å².